The second-order valence-electron chi connectivity index (χ2n) is 34.0. The molecule has 3 saturated heterocycles. The van der Waals surface area contributed by atoms with Gasteiger partial charge in [0, 0.05) is 122 Å². The fraction of sp³-hybridized carbons (Fsp3) is 0.202. The van der Waals surface area contributed by atoms with Crippen molar-refractivity contribution in [1.82, 2.24) is 87.9 Å². The molecule has 7 aromatic carbocycles. The molecule has 0 aliphatic carbocycles. The van der Waals surface area contributed by atoms with Crippen LogP contribution in [0.15, 0.2) is 310 Å². The van der Waals surface area contributed by atoms with Gasteiger partial charge in [-0.1, -0.05) is 30.3 Å². The van der Waals surface area contributed by atoms with E-state index in [9.17, 15) is 0 Å². The molecule has 16 heterocycles. The molecule has 3 fully saturated rings. The molecule has 13 aromatic heterocycles. The van der Waals surface area contributed by atoms with Gasteiger partial charge >= 0.3 is 0 Å². The number of fused-ring (bicyclic) bond motifs is 5. The molecule has 5 N–H and O–H groups in total. The standard InChI is InChI=1S/C24H25N5O2.C23H24N6O.C23H23N5O2.C20H20N6O.C19H17N5O/c1-17-16-18(6-11-22(17)30-2)21-4-3-5-23-26-24(27-29(21)23)25-19-7-9-20(10-8-19)28-12-14-31-15-13-28;1-30-19-11-8-17(9-12-19)20-6-5-7-22-26-23(27-29(20)22)25-18-10-13-21(24-16-18)28-14-3-2-4-15-28;1-29-20-11-5-17(6-12-20)21-3-2-4-22-25-23(26-28(21)22)24-18-7-9-19(10-8-18)27-13-15-30-16-14-27;1-25(2)18-12-9-15(13-21-18)22-20-23-19-6-4-5-17(26(19)24-20)14-7-10-16(27-3)11-8-14;1-13-12-15(10-11-20-13)21-19-22-18-5-3-4-17(24(18)23-19)14-6-8-16(25-2)9-7-14/h3-11,16H,12-15H2,1-2H3,(H,25,27);5-13,16H,2-4,14-15H2,1H3,(H,25,27);2-12H,13-16H2,1H3,(H,24,26);4-13H,1-3H3,(H,22,24);3-12H,1-2H3,(H,20,21,23). The average Bonchev–Trinajstić information content (AvgIpc) is 1.70. The fourth-order valence-corrected chi connectivity index (χ4v) is 16.9. The second-order valence-corrected chi connectivity index (χ2v) is 34.0. The first-order valence-electron chi connectivity index (χ1n) is 47.2. The average molecular weight is 1910 g/mol. The molecule has 0 unspecified atom stereocenters. The summed E-state index contributed by atoms with van der Waals surface area (Å²) in [6.07, 6.45) is 9.17. The summed E-state index contributed by atoms with van der Waals surface area (Å²) in [5, 5.41) is 39.6. The Morgan fingerprint density at radius 2 is 0.629 bits per heavy atom. The van der Waals surface area contributed by atoms with Crippen LogP contribution in [0, 0.1) is 13.8 Å². The van der Waals surface area contributed by atoms with E-state index in [0.717, 1.165) is 230 Å². The van der Waals surface area contributed by atoms with Crippen molar-refractivity contribution < 1.29 is 33.2 Å². The van der Waals surface area contributed by atoms with Crippen molar-refractivity contribution in [3.05, 3.63) is 321 Å². The van der Waals surface area contributed by atoms with Crippen LogP contribution >= 0.6 is 0 Å². The predicted molar refractivity (Wildman–Crippen MR) is 563 cm³/mol. The molecule has 0 spiro atoms. The van der Waals surface area contributed by atoms with Crippen molar-refractivity contribution >= 4 is 109 Å². The van der Waals surface area contributed by atoms with Crippen LogP contribution in [0.2, 0.25) is 0 Å². The number of hydrogen-bond donors (Lipinski definition) is 5. The van der Waals surface area contributed by atoms with Gasteiger partial charge in [0.1, 0.15) is 40.4 Å². The molecule has 0 atom stereocenters. The monoisotopic (exact) mass is 1910 g/mol. The Balaban J connectivity index is 0.000000114. The molecule has 0 saturated carbocycles. The molecule has 34 heteroatoms. The number of morpholine rings is 2. The Labute approximate surface area is 826 Å². The third-order valence-electron chi connectivity index (χ3n) is 24.3. The highest BCUT2D eigenvalue weighted by Crippen LogP contribution is 2.35. The van der Waals surface area contributed by atoms with Crippen molar-refractivity contribution in [2.24, 2.45) is 0 Å². The molecule has 3 aliphatic heterocycles. The summed E-state index contributed by atoms with van der Waals surface area (Å²) in [5.41, 5.74) is 22.9. The lowest BCUT2D eigenvalue weighted by Crippen LogP contribution is -2.36. The number of anilines is 14. The van der Waals surface area contributed by atoms with Crippen molar-refractivity contribution in [2.75, 3.05) is 162 Å². The van der Waals surface area contributed by atoms with Gasteiger partial charge in [0.2, 0.25) is 29.7 Å². The minimum Gasteiger partial charge on any atom is -0.497 e. The first-order valence-corrected chi connectivity index (χ1v) is 47.2. The number of hydrogen-bond acceptors (Lipinski definition) is 29. The van der Waals surface area contributed by atoms with Crippen LogP contribution in [-0.4, -0.2) is 203 Å². The molecule has 20 aromatic rings. The van der Waals surface area contributed by atoms with Gasteiger partial charge in [-0.3, -0.25) is 4.98 Å². The van der Waals surface area contributed by atoms with E-state index in [4.69, 9.17) is 38.3 Å². The van der Waals surface area contributed by atoms with Gasteiger partial charge in [-0.15, -0.1) is 25.5 Å². The maximum atomic E-state index is 5.43. The quantitative estimate of drug-likeness (QED) is 0.0375. The smallest absolute Gasteiger partial charge is 0.247 e. The number of benzene rings is 7. The number of pyridine rings is 8. The molecule has 23 rings (SSSR count). The zero-order valence-electron chi connectivity index (χ0n) is 80.8. The van der Waals surface area contributed by atoms with E-state index >= 15 is 0 Å². The number of piperidine rings is 1. The van der Waals surface area contributed by atoms with Crippen LogP contribution in [0.5, 0.6) is 28.7 Å². The van der Waals surface area contributed by atoms with Crippen molar-refractivity contribution in [3.8, 4) is 85.0 Å². The molecule has 0 bridgehead atoms. The summed E-state index contributed by atoms with van der Waals surface area (Å²) in [4.78, 5) is 45.2. The van der Waals surface area contributed by atoms with E-state index in [1.807, 2.05) is 292 Å². The van der Waals surface area contributed by atoms with Crippen LogP contribution in [0.3, 0.4) is 0 Å². The third kappa shape index (κ3) is 22.8. The van der Waals surface area contributed by atoms with Crippen LogP contribution in [0.25, 0.3) is 84.5 Å². The summed E-state index contributed by atoms with van der Waals surface area (Å²) < 4.78 is 46.4. The molecule has 722 valence electrons. The van der Waals surface area contributed by atoms with Crippen LogP contribution < -0.4 is 69.9 Å². The number of ether oxygens (including phenoxy) is 7. The minimum absolute atomic E-state index is 0.523. The zero-order valence-corrected chi connectivity index (χ0v) is 80.8. The lowest BCUT2D eigenvalue weighted by molar-refractivity contribution is 0.122. The molecule has 143 heavy (non-hydrogen) atoms. The molecular weight excluding hydrogens is 1800 g/mol. The first-order chi connectivity index (χ1) is 70.2. The highest BCUT2D eigenvalue weighted by Gasteiger charge is 2.21. The highest BCUT2D eigenvalue weighted by molar-refractivity contribution is 5.73. The first kappa shape index (κ1) is 94.2. The van der Waals surface area contributed by atoms with Gasteiger partial charge in [0.15, 0.2) is 28.2 Å². The number of nitrogens with zero attached hydrogens (tertiary/aromatic N) is 22. The Morgan fingerprint density at radius 3 is 0.951 bits per heavy atom. The Bertz CT molecular complexity index is 7450. The lowest BCUT2D eigenvalue weighted by atomic mass is 10.1. The van der Waals surface area contributed by atoms with Gasteiger partial charge in [0.25, 0.3) is 0 Å². The summed E-state index contributed by atoms with van der Waals surface area (Å²) in [7, 11) is 12.2. The molecule has 0 amide bonds. The Hall–Kier alpha value is -17.8. The maximum absolute atomic E-state index is 5.43. The van der Waals surface area contributed by atoms with E-state index < -0.39 is 0 Å². The van der Waals surface area contributed by atoms with E-state index in [1.165, 1.54) is 30.6 Å². The molecular formula is C109H109N27O7. The number of aromatic nitrogens is 18. The molecule has 0 radical (unpaired) electrons. The van der Waals surface area contributed by atoms with E-state index in [-0.39, 0.29) is 0 Å². The topological polar surface area (TPSA) is 327 Å². The summed E-state index contributed by atoms with van der Waals surface area (Å²) in [6.45, 7) is 13.0. The van der Waals surface area contributed by atoms with E-state index in [0.29, 0.717) is 29.7 Å². The van der Waals surface area contributed by atoms with Gasteiger partial charge in [-0.2, -0.15) is 24.9 Å². The second kappa shape index (κ2) is 44.3. The SMILES string of the molecule is COc1ccc(-c2cccc3nc(Nc4ccc(N(C)C)nc4)nn23)cc1.COc1ccc(-c2cccc3nc(Nc4ccc(N5CCCCC5)nc4)nn23)cc1.COc1ccc(-c2cccc3nc(Nc4ccc(N5CCOCC5)cc4)nn23)cc1.COc1ccc(-c2cccc3nc(Nc4ccc(N5CCOCC5)cc4)nn23)cc1C.COc1ccc(-c2cccc3nc(Nc4ccnc(C)c4)nn23)cc1. The summed E-state index contributed by atoms with van der Waals surface area (Å²) in [6, 6.07) is 96.1. The van der Waals surface area contributed by atoms with Crippen LogP contribution in [-0.2, 0) is 9.47 Å². The fourth-order valence-electron chi connectivity index (χ4n) is 16.9. The number of rotatable bonds is 24. The summed E-state index contributed by atoms with van der Waals surface area (Å²) in [5.74, 6) is 8.84. The van der Waals surface area contributed by atoms with Crippen LogP contribution in [0.4, 0.5) is 81.2 Å². The predicted octanol–water partition coefficient (Wildman–Crippen LogP) is 20.3. The summed E-state index contributed by atoms with van der Waals surface area (Å²) >= 11 is 0. The van der Waals surface area contributed by atoms with E-state index in [2.05, 4.69) is 162 Å². The molecule has 34 nitrogen and oxygen atoms in total. The van der Waals surface area contributed by atoms with Crippen LogP contribution in [0.1, 0.15) is 30.5 Å². The van der Waals surface area contributed by atoms with Crippen molar-refractivity contribution in [3.63, 3.8) is 0 Å². The van der Waals surface area contributed by atoms with Crippen molar-refractivity contribution in [1.29, 1.82) is 0 Å². The number of nitrogens with one attached hydrogen (secondary N) is 5. The number of aryl methyl sites for hydroxylation is 2. The van der Waals surface area contributed by atoms with Gasteiger partial charge in [0.05, 0.1) is 114 Å². The Kier molecular flexibility index (Phi) is 29.2. The van der Waals surface area contributed by atoms with Gasteiger partial charge < -0.3 is 79.3 Å². The zero-order chi connectivity index (χ0) is 97.9. The third-order valence-corrected chi connectivity index (χ3v) is 24.3. The minimum atomic E-state index is 0.523. The molecule has 3 aliphatic rings. The Morgan fingerprint density at radius 1 is 0.294 bits per heavy atom. The van der Waals surface area contributed by atoms with Crippen molar-refractivity contribution in [2.45, 2.75) is 33.1 Å². The maximum Gasteiger partial charge on any atom is 0.247 e. The lowest BCUT2D eigenvalue weighted by Gasteiger charge is -2.28. The van der Waals surface area contributed by atoms with E-state index in [1.54, 1.807) is 47.9 Å². The highest BCUT2D eigenvalue weighted by atomic mass is 16.5. The normalized spacial score (nSPS) is 12.9. The number of methoxy groups -OCH3 is 5. The van der Waals surface area contributed by atoms with Gasteiger partial charge in [-0.25, -0.2) is 32.5 Å². The largest absolute Gasteiger partial charge is 0.497 e. The van der Waals surface area contributed by atoms with Gasteiger partial charge in [-0.05, 0) is 300 Å².